The van der Waals surface area contributed by atoms with Gasteiger partial charge in [-0.25, -0.2) is 0 Å². The molecule has 5 rings (SSSR count). The third kappa shape index (κ3) is 17.5. The van der Waals surface area contributed by atoms with Gasteiger partial charge >= 0.3 is 0 Å². The highest BCUT2D eigenvalue weighted by atomic mass is 35.5. The second-order valence-electron chi connectivity index (χ2n) is 9.35. The van der Waals surface area contributed by atoms with Crippen LogP contribution < -0.4 is 0 Å². The molecule has 0 aliphatic rings. The summed E-state index contributed by atoms with van der Waals surface area (Å²) in [5.74, 6) is 0.504. The van der Waals surface area contributed by atoms with Crippen LogP contribution >= 0.6 is 34.8 Å². The zero-order chi connectivity index (χ0) is 33.3. The van der Waals surface area contributed by atoms with Crippen LogP contribution in [0.2, 0.25) is 10.0 Å². The van der Waals surface area contributed by atoms with E-state index >= 15 is 0 Å². The van der Waals surface area contributed by atoms with Crippen LogP contribution in [0.4, 0.5) is 0 Å². The lowest BCUT2D eigenvalue weighted by Crippen LogP contribution is -1.80. The predicted molar refractivity (Wildman–Crippen MR) is 207 cm³/mol. The van der Waals surface area contributed by atoms with Gasteiger partial charge < -0.3 is 0 Å². The fourth-order valence-electron chi connectivity index (χ4n) is 3.30. The molecule has 0 spiro atoms. The molecule has 5 aromatic carbocycles. The largest absolute Gasteiger partial charge is 0.122 e. The lowest BCUT2D eigenvalue weighted by Gasteiger charge is -1.98. The summed E-state index contributed by atoms with van der Waals surface area (Å²) in [6.45, 7) is 20.5. The van der Waals surface area contributed by atoms with Crippen molar-refractivity contribution in [3.05, 3.63) is 210 Å². The lowest BCUT2D eigenvalue weighted by molar-refractivity contribution is 1.58. The number of hydrogen-bond donors (Lipinski definition) is 0. The number of benzene rings is 5. The van der Waals surface area contributed by atoms with Crippen molar-refractivity contribution >= 4 is 64.2 Å². The van der Waals surface area contributed by atoms with Gasteiger partial charge in [0.1, 0.15) is 0 Å². The average Bonchev–Trinajstić information content (AvgIpc) is 3.10. The zero-order valence-corrected chi connectivity index (χ0v) is 28.2. The molecule has 0 aliphatic carbocycles. The van der Waals surface area contributed by atoms with Gasteiger partial charge in [-0.1, -0.05) is 201 Å². The first-order valence-corrected chi connectivity index (χ1v) is 15.5. The van der Waals surface area contributed by atoms with Gasteiger partial charge in [-0.2, -0.15) is 0 Å². The van der Waals surface area contributed by atoms with Gasteiger partial charge in [-0.15, -0.1) is 11.6 Å². The minimum atomic E-state index is 0.504. The van der Waals surface area contributed by atoms with Crippen molar-refractivity contribution in [2.75, 3.05) is 5.88 Å². The van der Waals surface area contributed by atoms with E-state index in [0.717, 1.165) is 37.9 Å². The van der Waals surface area contributed by atoms with Crippen molar-refractivity contribution in [2.45, 2.75) is 6.92 Å². The summed E-state index contributed by atoms with van der Waals surface area (Å²) >= 11 is 17.0. The summed E-state index contributed by atoms with van der Waals surface area (Å²) in [7, 11) is 0. The van der Waals surface area contributed by atoms with Crippen LogP contribution in [-0.2, 0) is 0 Å². The minimum Gasteiger partial charge on any atom is -0.122 e. The number of allylic oxidation sites excluding steroid dienone is 2. The fraction of sp³-hybridized carbons (Fsp3) is 0.0476. The Bertz CT molecular complexity index is 1550. The van der Waals surface area contributed by atoms with Crippen LogP contribution in [-0.4, -0.2) is 5.88 Å². The quantitative estimate of drug-likeness (QED) is 0.160. The standard InChI is InChI=1S/C9H9Cl.C9H10.2C8H7Cl.C8H8/c1-8(7-10)9-5-3-2-4-6-9;1-8(2)9-6-4-3-5-7-9;1-2-7-3-5-8(9)6-4-7;1-2-7-5-3-4-6-8(7)9;1-2-8-6-4-3-5-7-8/h2-6H,1,7H2;3-7H,1H2,2H3;2*2-6H,1H2;2-7H,1H2. The van der Waals surface area contributed by atoms with Gasteiger partial charge in [-0.3, -0.25) is 0 Å². The number of hydrogen-bond acceptors (Lipinski definition) is 0. The van der Waals surface area contributed by atoms with Crippen LogP contribution in [0, 0.1) is 0 Å². The Morgan fingerprint density at radius 1 is 0.533 bits per heavy atom. The molecular formula is C42H41Cl3. The van der Waals surface area contributed by atoms with Crippen LogP contribution in [0.15, 0.2) is 172 Å². The first-order valence-electron chi connectivity index (χ1n) is 14.2. The Morgan fingerprint density at radius 3 is 1.31 bits per heavy atom. The predicted octanol–water partition coefficient (Wildman–Crippen LogP) is 14.0. The van der Waals surface area contributed by atoms with E-state index in [1.807, 2.05) is 140 Å². The highest BCUT2D eigenvalue weighted by Gasteiger charge is 1.93. The normalized spacial score (nSPS) is 8.98. The van der Waals surface area contributed by atoms with Gasteiger partial charge in [0.2, 0.25) is 0 Å². The van der Waals surface area contributed by atoms with Crippen molar-refractivity contribution in [3.63, 3.8) is 0 Å². The highest BCUT2D eigenvalue weighted by molar-refractivity contribution is 6.32. The topological polar surface area (TPSA) is 0 Å². The van der Waals surface area contributed by atoms with E-state index in [4.69, 9.17) is 34.8 Å². The van der Waals surface area contributed by atoms with Crippen molar-refractivity contribution in [2.24, 2.45) is 0 Å². The molecule has 0 saturated heterocycles. The molecule has 0 N–H and O–H groups in total. The molecule has 3 heteroatoms. The molecular weight excluding hydrogens is 611 g/mol. The summed E-state index contributed by atoms with van der Waals surface area (Å²) in [6, 6.07) is 45.3. The maximum atomic E-state index is 5.75. The molecule has 0 aliphatic heterocycles. The average molecular weight is 652 g/mol. The van der Waals surface area contributed by atoms with E-state index in [1.54, 1.807) is 12.2 Å². The van der Waals surface area contributed by atoms with E-state index in [2.05, 4.69) is 45.0 Å². The fourth-order valence-corrected chi connectivity index (χ4v) is 3.80. The summed E-state index contributed by atoms with van der Waals surface area (Å²) in [6.07, 6.45) is 5.36. The molecule has 0 atom stereocenters. The Balaban J connectivity index is 0.000000282. The lowest BCUT2D eigenvalue weighted by atomic mass is 10.1. The van der Waals surface area contributed by atoms with E-state index < -0.39 is 0 Å². The molecule has 0 aromatic heterocycles. The van der Waals surface area contributed by atoms with Crippen molar-refractivity contribution < 1.29 is 0 Å². The maximum Gasteiger partial charge on any atom is 0.0478 e. The monoisotopic (exact) mass is 650 g/mol. The molecule has 230 valence electrons. The van der Waals surface area contributed by atoms with E-state index in [1.165, 1.54) is 11.1 Å². The van der Waals surface area contributed by atoms with Gasteiger partial charge in [0.15, 0.2) is 0 Å². The molecule has 0 fully saturated rings. The van der Waals surface area contributed by atoms with Gasteiger partial charge in [0, 0.05) is 15.9 Å². The number of alkyl halides is 1. The van der Waals surface area contributed by atoms with Crippen LogP contribution in [0.3, 0.4) is 0 Å². The molecule has 0 nitrogen and oxygen atoms in total. The molecule has 0 unspecified atom stereocenters. The van der Waals surface area contributed by atoms with Crippen LogP contribution in [0.25, 0.3) is 29.4 Å². The molecule has 0 bridgehead atoms. The summed E-state index contributed by atoms with van der Waals surface area (Å²) in [4.78, 5) is 0. The Kier molecular flexibility index (Phi) is 20.7. The van der Waals surface area contributed by atoms with E-state index in [0.29, 0.717) is 5.88 Å². The molecule has 0 saturated carbocycles. The number of rotatable bonds is 6. The maximum absolute atomic E-state index is 5.75. The second kappa shape index (κ2) is 24.0. The summed E-state index contributed by atoms with van der Waals surface area (Å²) in [5, 5.41) is 1.52. The molecule has 0 radical (unpaired) electrons. The summed E-state index contributed by atoms with van der Waals surface area (Å²) in [5.41, 5.74) is 7.69. The first-order chi connectivity index (χ1) is 21.7. The van der Waals surface area contributed by atoms with E-state index in [9.17, 15) is 0 Å². The zero-order valence-electron chi connectivity index (χ0n) is 25.9. The highest BCUT2D eigenvalue weighted by Crippen LogP contribution is 2.15. The molecule has 5 aromatic rings. The van der Waals surface area contributed by atoms with Gasteiger partial charge in [-0.05, 0) is 58.5 Å². The van der Waals surface area contributed by atoms with Crippen LogP contribution in [0.5, 0.6) is 0 Å². The van der Waals surface area contributed by atoms with Crippen LogP contribution in [0.1, 0.15) is 34.7 Å². The third-order valence-electron chi connectivity index (χ3n) is 5.88. The SMILES string of the molecule is C=C(C)c1ccccc1.C=C(CCl)c1ccccc1.C=Cc1ccc(Cl)cc1.C=Cc1ccccc1.C=Cc1ccccc1Cl. The van der Waals surface area contributed by atoms with Crippen molar-refractivity contribution in [1.82, 2.24) is 0 Å². The summed E-state index contributed by atoms with van der Waals surface area (Å²) < 4.78 is 0. The van der Waals surface area contributed by atoms with E-state index in [-0.39, 0.29) is 0 Å². The third-order valence-corrected chi connectivity index (χ3v) is 6.79. The smallest absolute Gasteiger partial charge is 0.0478 e. The number of halogens is 3. The molecule has 0 heterocycles. The molecule has 0 amide bonds. The van der Waals surface area contributed by atoms with Crippen molar-refractivity contribution in [3.8, 4) is 0 Å². The Labute approximate surface area is 286 Å². The van der Waals surface area contributed by atoms with Gasteiger partial charge in [0.05, 0.1) is 0 Å². The minimum absolute atomic E-state index is 0.504. The molecule has 45 heavy (non-hydrogen) atoms. The van der Waals surface area contributed by atoms with Gasteiger partial charge in [0.25, 0.3) is 0 Å². The van der Waals surface area contributed by atoms with Crippen molar-refractivity contribution in [1.29, 1.82) is 0 Å². The first kappa shape index (κ1) is 38.7. The Morgan fingerprint density at radius 2 is 0.956 bits per heavy atom. The Hall–Kier alpha value is -4.33. The second-order valence-corrected chi connectivity index (χ2v) is 10.5.